The van der Waals surface area contributed by atoms with Crippen LogP contribution < -0.4 is 4.90 Å². The number of ether oxygens (including phenoxy) is 1. The van der Waals surface area contributed by atoms with Gasteiger partial charge in [0.2, 0.25) is 0 Å². The highest BCUT2D eigenvalue weighted by atomic mass is 16.5. The number of nitrogens with zero attached hydrogens (tertiary/aromatic N) is 4. The van der Waals surface area contributed by atoms with Crippen molar-refractivity contribution in [1.29, 1.82) is 0 Å². The van der Waals surface area contributed by atoms with Gasteiger partial charge in [-0.05, 0) is 26.7 Å². The number of piperazine rings is 1. The number of aromatic nitrogens is 4. The molecule has 5 rings (SSSR count). The number of rotatable bonds is 3. The largest absolute Gasteiger partial charge is 0.369 e. The van der Waals surface area contributed by atoms with Gasteiger partial charge < -0.3 is 14.5 Å². The van der Waals surface area contributed by atoms with Crippen molar-refractivity contribution in [2.45, 2.75) is 51.2 Å². The van der Waals surface area contributed by atoms with E-state index in [4.69, 9.17) is 4.74 Å². The molecule has 2 aliphatic heterocycles. The number of carbonyl (C=O) groups excluding carboxylic acids is 1. The second-order valence-electron chi connectivity index (χ2n) is 7.99. The summed E-state index contributed by atoms with van der Waals surface area (Å²) in [4.78, 5) is 17.2. The summed E-state index contributed by atoms with van der Waals surface area (Å²) in [6.07, 6.45) is 3.32. The van der Waals surface area contributed by atoms with Gasteiger partial charge in [-0.15, -0.1) is 0 Å². The lowest BCUT2D eigenvalue weighted by atomic mass is 9.99. The van der Waals surface area contributed by atoms with Gasteiger partial charge in [-0.2, -0.15) is 10.2 Å². The third-order valence-corrected chi connectivity index (χ3v) is 5.93. The standard InChI is InChI=1S/C19H26N6O2/c1-11-9-14-17(12(2)27-11)22-23-18(14)19(26)25-7-5-24(6-8-25)16-10-15(20-21-16)13-3-4-13/h10-13H,3-9H2,1-2H3,(H,20,21)(H,22,23)/t11-,12+/m1/s1. The molecular weight excluding hydrogens is 344 g/mol. The molecule has 0 bridgehead atoms. The van der Waals surface area contributed by atoms with Crippen LogP contribution in [-0.2, 0) is 11.2 Å². The van der Waals surface area contributed by atoms with Crippen LogP contribution in [0.1, 0.15) is 66.2 Å². The van der Waals surface area contributed by atoms with E-state index in [-0.39, 0.29) is 18.1 Å². The van der Waals surface area contributed by atoms with E-state index in [9.17, 15) is 4.79 Å². The molecule has 1 amide bonds. The average Bonchev–Trinajstić information content (AvgIpc) is 3.24. The summed E-state index contributed by atoms with van der Waals surface area (Å²) >= 11 is 0. The average molecular weight is 370 g/mol. The maximum absolute atomic E-state index is 13.1. The van der Waals surface area contributed by atoms with Gasteiger partial charge >= 0.3 is 0 Å². The van der Waals surface area contributed by atoms with Gasteiger partial charge in [-0.3, -0.25) is 15.0 Å². The van der Waals surface area contributed by atoms with E-state index in [1.165, 1.54) is 18.5 Å². The third-order valence-electron chi connectivity index (χ3n) is 5.93. The number of nitrogens with one attached hydrogen (secondary N) is 2. The van der Waals surface area contributed by atoms with Crippen molar-refractivity contribution in [1.82, 2.24) is 25.3 Å². The zero-order valence-corrected chi connectivity index (χ0v) is 15.9. The topological polar surface area (TPSA) is 90.1 Å². The second-order valence-corrected chi connectivity index (χ2v) is 7.99. The van der Waals surface area contributed by atoms with Crippen LogP contribution in [0.5, 0.6) is 0 Å². The van der Waals surface area contributed by atoms with Crippen molar-refractivity contribution in [2.24, 2.45) is 0 Å². The fourth-order valence-electron chi connectivity index (χ4n) is 4.23. The number of H-pyrrole nitrogens is 2. The molecule has 2 aromatic heterocycles. The van der Waals surface area contributed by atoms with Gasteiger partial charge in [0.1, 0.15) is 0 Å². The second kappa shape index (κ2) is 6.37. The molecule has 0 spiro atoms. The van der Waals surface area contributed by atoms with Gasteiger partial charge in [0.25, 0.3) is 5.91 Å². The lowest BCUT2D eigenvalue weighted by molar-refractivity contribution is -0.00702. The maximum Gasteiger partial charge on any atom is 0.274 e. The minimum atomic E-state index is -0.0463. The lowest BCUT2D eigenvalue weighted by Crippen LogP contribution is -2.49. The van der Waals surface area contributed by atoms with Crippen LogP contribution in [0.15, 0.2) is 6.07 Å². The smallest absolute Gasteiger partial charge is 0.274 e. The highest BCUT2D eigenvalue weighted by molar-refractivity contribution is 5.94. The molecular formula is C19H26N6O2. The van der Waals surface area contributed by atoms with E-state index in [1.807, 2.05) is 18.7 Å². The molecule has 2 atom stereocenters. The molecule has 0 aromatic carbocycles. The third kappa shape index (κ3) is 3.01. The molecule has 2 fully saturated rings. The molecule has 144 valence electrons. The molecule has 3 aliphatic rings. The number of anilines is 1. The number of amides is 1. The molecule has 0 radical (unpaired) electrons. The minimum Gasteiger partial charge on any atom is -0.369 e. The molecule has 2 N–H and O–H groups in total. The van der Waals surface area contributed by atoms with Crippen LogP contribution in [0.3, 0.4) is 0 Å². The normalized spacial score (nSPS) is 25.6. The Morgan fingerprint density at radius 3 is 2.67 bits per heavy atom. The Morgan fingerprint density at radius 2 is 1.93 bits per heavy atom. The highest BCUT2D eigenvalue weighted by Gasteiger charge is 2.33. The summed E-state index contributed by atoms with van der Waals surface area (Å²) in [5.41, 5.74) is 3.78. The van der Waals surface area contributed by atoms with Crippen LogP contribution in [0.4, 0.5) is 5.82 Å². The van der Waals surface area contributed by atoms with Crippen molar-refractivity contribution in [3.63, 3.8) is 0 Å². The van der Waals surface area contributed by atoms with Crippen LogP contribution in [0.2, 0.25) is 0 Å². The van der Waals surface area contributed by atoms with Crippen LogP contribution >= 0.6 is 0 Å². The monoisotopic (exact) mass is 370 g/mol. The number of carbonyl (C=O) groups is 1. The molecule has 8 heteroatoms. The first-order valence-electron chi connectivity index (χ1n) is 9.92. The van der Waals surface area contributed by atoms with Gasteiger partial charge in [0.05, 0.1) is 17.9 Å². The minimum absolute atomic E-state index is 0.0224. The molecule has 1 aliphatic carbocycles. The Kier molecular flexibility index (Phi) is 3.96. The Labute approximate surface area is 158 Å². The van der Waals surface area contributed by atoms with E-state index in [1.54, 1.807) is 0 Å². The maximum atomic E-state index is 13.1. The summed E-state index contributed by atoms with van der Waals surface area (Å²) in [7, 11) is 0. The predicted octanol–water partition coefficient (Wildman–Crippen LogP) is 1.99. The molecule has 0 unspecified atom stereocenters. The zero-order chi connectivity index (χ0) is 18.5. The Morgan fingerprint density at radius 1 is 1.15 bits per heavy atom. The van der Waals surface area contributed by atoms with Crippen LogP contribution in [-0.4, -0.2) is 63.5 Å². The fraction of sp³-hybridized carbons (Fsp3) is 0.632. The Bertz CT molecular complexity index is 846. The molecule has 2 aromatic rings. The van der Waals surface area contributed by atoms with Crippen molar-refractivity contribution in [3.8, 4) is 0 Å². The van der Waals surface area contributed by atoms with Gasteiger partial charge in [-0.1, -0.05) is 0 Å². The number of hydrogen-bond donors (Lipinski definition) is 2. The van der Waals surface area contributed by atoms with Crippen molar-refractivity contribution in [2.75, 3.05) is 31.1 Å². The Hall–Kier alpha value is -2.35. The first-order valence-corrected chi connectivity index (χ1v) is 9.92. The summed E-state index contributed by atoms with van der Waals surface area (Å²) in [5.74, 6) is 1.70. The molecule has 1 saturated heterocycles. The van der Waals surface area contributed by atoms with E-state index < -0.39 is 0 Å². The van der Waals surface area contributed by atoms with Crippen molar-refractivity contribution in [3.05, 3.63) is 28.7 Å². The molecule has 27 heavy (non-hydrogen) atoms. The molecule has 8 nitrogen and oxygen atoms in total. The van der Waals surface area contributed by atoms with E-state index >= 15 is 0 Å². The van der Waals surface area contributed by atoms with Gasteiger partial charge in [-0.25, -0.2) is 0 Å². The van der Waals surface area contributed by atoms with Gasteiger partial charge in [0.15, 0.2) is 11.5 Å². The van der Waals surface area contributed by atoms with Gasteiger partial charge in [0, 0.05) is 55.8 Å². The van der Waals surface area contributed by atoms with E-state index in [2.05, 4.69) is 31.4 Å². The Balaban J connectivity index is 1.26. The first-order chi connectivity index (χ1) is 13.1. The van der Waals surface area contributed by atoms with E-state index in [0.29, 0.717) is 24.7 Å². The quantitative estimate of drug-likeness (QED) is 0.862. The number of aromatic amines is 2. The van der Waals surface area contributed by atoms with E-state index in [0.717, 1.165) is 36.6 Å². The summed E-state index contributed by atoms with van der Waals surface area (Å²) < 4.78 is 5.82. The highest BCUT2D eigenvalue weighted by Crippen LogP contribution is 2.40. The predicted molar refractivity (Wildman–Crippen MR) is 99.9 cm³/mol. The first kappa shape index (κ1) is 16.8. The molecule has 4 heterocycles. The molecule has 1 saturated carbocycles. The summed E-state index contributed by atoms with van der Waals surface area (Å²) in [6.45, 7) is 7.01. The zero-order valence-electron chi connectivity index (χ0n) is 15.9. The SMILES string of the molecule is C[C@@H]1Cc2c(C(=O)N3CCN(c4cc(C5CC5)[nH]n4)CC3)n[nH]c2[C@H](C)O1. The van der Waals surface area contributed by atoms with Crippen molar-refractivity contribution < 1.29 is 9.53 Å². The number of fused-ring (bicyclic) bond motifs is 1. The van der Waals surface area contributed by atoms with Crippen LogP contribution in [0.25, 0.3) is 0 Å². The summed E-state index contributed by atoms with van der Waals surface area (Å²) in [5, 5.41) is 15.0. The summed E-state index contributed by atoms with van der Waals surface area (Å²) in [6, 6.07) is 2.17. The number of hydrogen-bond acceptors (Lipinski definition) is 5. The van der Waals surface area contributed by atoms with Crippen molar-refractivity contribution >= 4 is 11.7 Å². The van der Waals surface area contributed by atoms with Crippen LogP contribution in [0, 0.1) is 0 Å². The fourth-order valence-corrected chi connectivity index (χ4v) is 4.23. The lowest BCUT2D eigenvalue weighted by Gasteiger charge is -2.34.